The van der Waals surface area contributed by atoms with Crippen LogP contribution in [0.25, 0.3) is 0 Å². The molecule has 82 valence electrons. The summed E-state index contributed by atoms with van der Waals surface area (Å²) in [6, 6.07) is -0.234. The van der Waals surface area contributed by atoms with E-state index >= 15 is 0 Å². The summed E-state index contributed by atoms with van der Waals surface area (Å²) >= 11 is 0. The van der Waals surface area contributed by atoms with Gasteiger partial charge >= 0.3 is 0 Å². The Morgan fingerprint density at radius 3 is 2.21 bits per heavy atom. The first-order chi connectivity index (χ1) is 6.41. The lowest BCUT2D eigenvalue weighted by atomic mass is 10.0. The Morgan fingerprint density at radius 1 is 1.43 bits per heavy atom. The molecule has 0 saturated carbocycles. The first kappa shape index (κ1) is 13.2. The van der Waals surface area contributed by atoms with Gasteiger partial charge in [0.05, 0.1) is 6.04 Å². The average molecular weight is 198 g/mol. The molecule has 1 amide bonds. The lowest BCUT2D eigenvalue weighted by Gasteiger charge is -2.29. The van der Waals surface area contributed by atoms with Gasteiger partial charge in [-0.2, -0.15) is 0 Å². The Bertz CT molecular complexity index is 199. The highest BCUT2D eigenvalue weighted by molar-refractivity contribution is 5.82. The molecule has 0 radical (unpaired) electrons. The zero-order chi connectivity index (χ0) is 11.3. The van der Waals surface area contributed by atoms with Crippen molar-refractivity contribution in [1.29, 1.82) is 0 Å². The minimum absolute atomic E-state index is 0.00917. The van der Waals surface area contributed by atoms with Gasteiger partial charge < -0.3 is 10.6 Å². The number of nitrogens with two attached hydrogens (primary N) is 1. The van der Waals surface area contributed by atoms with Crippen molar-refractivity contribution in [3.63, 3.8) is 0 Å². The van der Waals surface area contributed by atoms with E-state index in [1.165, 1.54) is 0 Å². The van der Waals surface area contributed by atoms with E-state index < -0.39 is 6.04 Å². The molecular formula is C11H22N2O. The first-order valence-electron chi connectivity index (χ1n) is 5.08. The van der Waals surface area contributed by atoms with Crippen LogP contribution in [0.3, 0.4) is 0 Å². The Kier molecular flexibility index (Phi) is 5.46. The van der Waals surface area contributed by atoms with Crippen LogP contribution < -0.4 is 5.73 Å². The van der Waals surface area contributed by atoms with Crippen LogP contribution >= 0.6 is 0 Å². The van der Waals surface area contributed by atoms with Gasteiger partial charge in [0, 0.05) is 12.6 Å². The Balaban J connectivity index is 4.50. The van der Waals surface area contributed by atoms with E-state index in [0.29, 0.717) is 6.54 Å². The topological polar surface area (TPSA) is 46.3 Å². The van der Waals surface area contributed by atoms with Gasteiger partial charge in [-0.3, -0.25) is 4.79 Å². The number of nitrogens with zero attached hydrogens (tertiary/aromatic N) is 1. The molecule has 0 heterocycles. The zero-order valence-corrected chi connectivity index (χ0v) is 9.66. The number of amides is 1. The zero-order valence-electron chi connectivity index (χ0n) is 9.66. The molecule has 3 heteroatoms. The number of carbonyl (C=O) groups excluding carboxylic acids is 1. The third-order valence-corrected chi connectivity index (χ3v) is 2.24. The van der Waals surface area contributed by atoms with Gasteiger partial charge in [-0.25, -0.2) is 0 Å². The summed E-state index contributed by atoms with van der Waals surface area (Å²) in [5.41, 5.74) is 5.80. The summed E-state index contributed by atoms with van der Waals surface area (Å²) in [6.45, 7) is 12.1. The minimum Gasteiger partial charge on any atom is -0.335 e. The van der Waals surface area contributed by atoms with E-state index in [1.54, 1.807) is 11.0 Å². The summed E-state index contributed by atoms with van der Waals surface area (Å²) < 4.78 is 0. The van der Waals surface area contributed by atoms with Crippen LogP contribution in [0.1, 0.15) is 27.7 Å². The number of carbonyl (C=O) groups is 1. The van der Waals surface area contributed by atoms with Crippen molar-refractivity contribution in [3.05, 3.63) is 12.7 Å². The highest BCUT2D eigenvalue weighted by Gasteiger charge is 2.24. The monoisotopic (exact) mass is 198 g/mol. The fraction of sp³-hybridized carbons (Fsp3) is 0.727. The SMILES string of the molecule is C=CCN(C(=O)[C@H](N)C(C)C)C(C)C. The molecule has 3 nitrogen and oxygen atoms in total. The quantitative estimate of drug-likeness (QED) is 0.679. The first-order valence-corrected chi connectivity index (χ1v) is 5.08. The molecule has 0 aliphatic rings. The Morgan fingerprint density at radius 2 is 1.93 bits per heavy atom. The lowest BCUT2D eigenvalue weighted by molar-refractivity contribution is -0.134. The predicted octanol–water partition coefficient (Wildman–Crippen LogP) is 1.39. The molecule has 1 atom stereocenters. The highest BCUT2D eigenvalue weighted by atomic mass is 16.2. The van der Waals surface area contributed by atoms with Crippen LogP contribution in [0.2, 0.25) is 0 Å². The second-order valence-corrected chi connectivity index (χ2v) is 4.14. The van der Waals surface area contributed by atoms with E-state index in [2.05, 4.69) is 6.58 Å². The van der Waals surface area contributed by atoms with Crippen LogP contribution in [-0.2, 0) is 4.79 Å². The fourth-order valence-electron chi connectivity index (χ4n) is 1.17. The van der Waals surface area contributed by atoms with Crippen LogP contribution in [-0.4, -0.2) is 29.4 Å². The van der Waals surface area contributed by atoms with Gasteiger partial charge in [-0.05, 0) is 19.8 Å². The smallest absolute Gasteiger partial charge is 0.240 e. The molecular weight excluding hydrogens is 176 g/mol. The predicted molar refractivity (Wildman–Crippen MR) is 59.9 cm³/mol. The van der Waals surface area contributed by atoms with E-state index in [0.717, 1.165) is 0 Å². The Labute approximate surface area is 87.0 Å². The van der Waals surface area contributed by atoms with Crippen LogP contribution in [0.4, 0.5) is 0 Å². The van der Waals surface area contributed by atoms with Gasteiger partial charge in [0.15, 0.2) is 0 Å². The van der Waals surface area contributed by atoms with Crippen LogP contribution in [0, 0.1) is 5.92 Å². The van der Waals surface area contributed by atoms with Crippen molar-refractivity contribution in [3.8, 4) is 0 Å². The maximum absolute atomic E-state index is 11.9. The lowest BCUT2D eigenvalue weighted by Crippen LogP contribution is -2.49. The number of hydrogen-bond acceptors (Lipinski definition) is 2. The molecule has 0 aliphatic carbocycles. The number of rotatable bonds is 5. The fourth-order valence-corrected chi connectivity index (χ4v) is 1.17. The molecule has 0 aromatic carbocycles. The maximum atomic E-state index is 11.9. The van der Waals surface area contributed by atoms with Gasteiger partial charge in [0.2, 0.25) is 5.91 Å². The maximum Gasteiger partial charge on any atom is 0.240 e. The summed E-state index contributed by atoms with van der Waals surface area (Å²) in [7, 11) is 0. The molecule has 0 aliphatic heterocycles. The standard InChI is InChI=1S/C11H22N2O/c1-6-7-13(9(4)5)11(14)10(12)8(2)3/h6,8-10H,1,7,12H2,2-5H3/t10-/m1/s1. The van der Waals surface area contributed by atoms with E-state index in [9.17, 15) is 4.79 Å². The third-order valence-electron chi connectivity index (χ3n) is 2.24. The van der Waals surface area contributed by atoms with Gasteiger partial charge in [0.25, 0.3) is 0 Å². The minimum atomic E-state index is -0.405. The number of hydrogen-bond donors (Lipinski definition) is 1. The van der Waals surface area contributed by atoms with Crippen molar-refractivity contribution in [1.82, 2.24) is 4.90 Å². The van der Waals surface area contributed by atoms with E-state index in [1.807, 2.05) is 27.7 Å². The van der Waals surface area contributed by atoms with Crippen molar-refractivity contribution in [2.45, 2.75) is 39.8 Å². The average Bonchev–Trinajstić information content (AvgIpc) is 2.11. The largest absolute Gasteiger partial charge is 0.335 e. The Hall–Kier alpha value is -0.830. The highest BCUT2D eigenvalue weighted by Crippen LogP contribution is 2.07. The molecule has 14 heavy (non-hydrogen) atoms. The van der Waals surface area contributed by atoms with Gasteiger partial charge in [-0.1, -0.05) is 19.9 Å². The van der Waals surface area contributed by atoms with Crippen molar-refractivity contribution in [2.24, 2.45) is 11.7 Å². The second-order valence-electron chi connectivity index (χ2n) is 4.14. The molecule has 0 bridgehead atoms. The second kappa shape index (κ2) is 5.81. The normalized spacial score (nSPS) is 13.1. The summed E-state index contributed by atoms with van der Waals surface area (Å²) in [6.07, 6.45) is 1.73. The van der Waals surface area contributed by atoms with Crippen molar-refractivity contribution in [2.75, 3.05) is 6.54 Å². The van der Waals surface area contributed by atoms with Crippen LogP contribution in [0.5, 0.6) is 0 Å². The molecule has 0 fully saturated rings. The molecule has 0 rings (SSSR count). The molecule has 0 spiro atoms. The molecule has 2 N–H and O–H groups in total. The molecule has 0 aromatic heterocycles. The summed E-state index contributed by atoms with van der Waals surface area (Å²) in [5, 5.41) is 0. The van der Waals surface area contributed by atoms with Crippen molar-refractivity contribution < 1.29 is 4.79 Å². The van der Waals surface area contributed by atoms with E-state index in [-0.39, 0.29) is 17.9 Å². The third kappa shape index (κ3) is 3.50. The summed E-state index contributed by atoms with van der Waals surface area (Å²) in [4.78, 5) is 13.6. The van der Waals surface area contributed by atoms with Crippen molar-refractivity contribution >= 4 is 5.91 Å². The van der Waals surface area contributed by atoms with E-state index in [4.69, 9.17) is 5.73 Å². The van der Waals surface area contributed by atoms with Gasteiger partial charge in [-0.15, -0.1) is 6.58 Å². The van der Waals surface area contributed by atoms with Gasteiger partial charge in [0.1, 0.15) is 0 Å². The molecule has 0 unspecified atom stereocenters. The molecule has 0 saturated heterocycles. The summed E-state index contributed by atoms with van der Waals surface area (Å²) in [5.74, 6) is 0.184. The van der Waals surface area contributed by atoms with Crippen LogP contribution in [0.15, 0.2) is 12.7 Å². The molecule has 0 aromatic rings.